The van der Waals surface area contributed by atoms with Crippen molar-refractivity contribution in [3.8, 4) is 11.5 Å². The Morgan fingerprint density at radius 2 is 1.70 bits per heavy atom. The average molecular weight is 676 g/mol. The lowest BCUT2D eigenvalue weighted by molar-refractivity contribution is -0.117. The van der Waals surface area contributed by atoms with E-state index < -0.39 is 49.8 Å². The summed E-state index contributed by atoms with van der Waals surface area (Å²) in [5.41, 5.74) is 5.23. The minimum atomic E-state index is -4.70. The highest BCUT2D eigenvalue weighted by atomic mass is 79.9. The molecule has 2 atom stereocenters. The molecule has 0 saturated heterocycles. The summed E-state index contributed by atoms with van der Waals surface area (Å²) in [7, 11) is -1.07. The topological polar surface area (TPSA) is 90.0 Å². The number of hydrogen-bond acceptors (Lipinski definition) is 6. The van der Waals surface area contributed by atoms with Crippen LogP contribution < -0.4 is 15.2 Å². The summed E-state index contributed by atoms with van der Waals surface area (Å²) in [6.07, 6.45) is -4.70. The molecule has 0 spiro atoms. The minimum absolute atomic E-state index is 0.0855. The van der Waals surface area contributed by atoms with Crippen molar-refractivity contribution < 1.29 is 31.2 Å². The highest BCUT2D eigenvalue weighted by Gasteiger charge is 2.38. The van der Waals surface area contributed by atoms with Gasteiger partial charge in [-0.3, -0.25) is 0 Å². The van der Waals surface area contributed by atoms with Crippen LogP contribution in [-0.4, -0.2) is 70.5 Å². The van der Waals surface area contributed by atoms with Crippen molar-refractivity contribution >= 4 is 35.9 Å². The van der Waals surface area contributed by atoms with Gasteiger partial charge in [0.15, 0.2) is 5.82 Å². The zero-order valence-electron chi connectivity index (χ0n) is 23.9. The molecule has 0 fully saturated rings. The van der Waals surface area contributed by atoms with Gasteiger partial charge in [-0.15, -0.1) is 0 Å². The van der Waals surface area contributed by atoms with Gasteiger partial charge >= 0.3 is 6.18 Å². The van der Waals surface area contributed by atoms with Gasteiger partial charge in [0, 0.05) is 30.1 Å². The molecule has 2 N–H and O–H groups in total. The number of nitrogens with zero attached hydrogens (tertiary/aromatic N) is 3. The molecular weight excluding hydrogens is 636 g/mol. The minimum Gasteiger partial charge on any atom is -0.497 e. The standard InChI is InChI=1S/C26H39BrF4N4O3S2/c1-8-39(9-2,10-3)21-14-22(27)34-24(23(21)28)25(4,32)17-40(36,33-16-26(29,30)31)35(5)15-18-11-12-19(37-6)13-20(18)38-7/h11-14H,8-10,15-17,32H2,1-7H3/t25-,40?/m0/s1. The largest absolute Gasteiger partial charge is 0.497 e. The van der Waals surface area contributed by atoms with Crippen LogP contribution in [0.5, 0.6) is 11.5 Å². The van der Waals surface area contributed by atoms with Crippen molar-refractivity contribution in [2.24, 2.45) is 10.1 Å². The van der Waals surface area contributed by atoms with Gasteiger partial charge in [0.2, 0.25) is 0 Å². The van der Waals surface area contributed by atoms with Gasteiger partial charge in [0.05, 0.1) is 31.2 Å². The third-order valence-corrected chi connectivity index (χ3v) is 14.4. The van der Waals surface area contributed by atoms with Crippen LogP contribution in [0.1, 0.15) is 39.0 Å². The number of hydrogen-bond donors (Lipinski definition) is 1. The number of nitrogens with two attached hydrogens (primary N) is 1. The molecule has 40 heavy (non-hydrogen) atoms. The summed E-state index contributed by atoms with van der Waals surface area (Å²) < 4.78 is 86.0. The fraction of sp³-hybridized carbons (Fsp3) is 0.577. The molecule has 1 heterocycles. The molecule has 14 heteroatoms. The Kier molecular flexibility index (Phi) is 11.7. The molecule has 2 aromatic rings. The van der Waals surface area contributed by atoms with Crippen LogP contribution in [0.15, 0.2) is 38.1 Å². The van der Waals surface area contributed by atoms with Crippen molar-refractivity contribution in [1.29, 1.82) is 0 Å². The van der Waals surface area contributed by atoms with E-state index in [4.69, 9.17) is 15.2 Å². The molecule has 0 amide bonds. The fourth-order valence-corrected chi connectivity index (χ4v) is 10.1. The predicted octanol–water partition coefficient (Wildman–Crippen LogP) is 6.47. The Hall–Kier alpha value is -1.61. The highest BCUT2D eigenvalue weighted by molar-refractivity contribution is 9.10. The Bertz CT molecular complexity index is 1290. The summed E-state index contributed by atoms with van der Waals surface area (Å²) in [4.78, 5) is 4.78. The van der Waals surface area contributed by atoms with E-state index in [2.05, 4.69) is 25.3 Å². The third kappa shape index (κ3) is 8.02. The quantitative estimate of drug-likeness (QED) is 0.194. The zero-order chi connectivity index (χ0) is 30.5. The van der Waals surface area contributed by atoms with Crippen LogP contribution in [0, 0.1) is 5.82 Å². The summed E-state index contributed by atoms with van der Waals surface area (Å²) in [5.74, 6) is 1.88. The first-order chi connectivity index (χ1) is 18.5. The second-order valence-electron chi connectivity index (χ2n) is 9.55. The molecule has 2 rings (SSSR count). The Morgan fingerprint density at radius 3 is 2.20 bits per heavy atom. The van der Waals surface area contributed by atoms with E-state index in [9.17, 15) is 17.4 Å². The third-order valence-electron chi connectivity index (χ3n) is 6.87. The zero-order valence-corrected chi connectivity index (χ0v) is 27.1. The van der Waals surface area contributed by atoms with Gasteiger partial charge in [0.25, 0.3) is 0 Å². The normalized spacial score (nSPS) is 15.8. The maximum absolute atomic E-state index is 16.2. The van der Waals surface area contributed by atoms with E-state index >= 15 is 4.39 Å². The lowest BCUT2D eigenvalue weighted by Crippen LogP contribution is -2.46. The van der Waals surface area contributed by atoms with Crippen LogP contribution in [0.2, 0.25) is 0 Å². The molecule has 0 aliphatic rings. The molecule has 1 aromatic carbocycles. The Morgan fingerprint density at radius 1 is 1.10 bits per heavy atom. The molecule has 228 valence electrons. The summed E-state index contributed by atoms with van der Waals surface area (Å²) in [6, 6.07) is 6.56. The Balaban J connectivity index is 2.64. The number of ether oxygens (including phenoxy) is 2. The highest BCUT2D eigenvalue weighted by Crippen LogP contribution is 2.57. The average Bonchev–Trinajstić information content (AvgIpc) is 2.89. The van der Waals surface area contributed by atoms with Crippen LogP contribution >= 0.6 is 26.0 Å². The number of benzene rings is 1. The lowest BCUT2D eigenvalue weighted by atomic mass is 10.0. The van der Waals surface area contributed by atoms with Crippen molar-refractivity contribution in [3.05, 3.63) is 45.9 Å². The van der Waals surface area contributed by atoms with E-state index in [1.165, 1.54) is 32.5 Å². The summed E-state index contributed by atoms with van der Waals surface area (Å²) in [6.45, 7) is 5.69. The van der Waals surface area contributed by atoms with Gasteiger partial charge in [0.1, 0.15) is 32.6 Å². The second-order valence-corrected chi connectivity index (χ2v) is 17.0. The number of alkyl halides is 3. The molecule has 1 unspecified atom stereocenters. The van der Waals surface area contributed by atoms with E-state index in [1.807, 2.05) is 20.8 Å². The van der Waals surface area contributed by atoms with Crippen LogP contribution in [0.4, 0.5) is 17.6 Å². The molecule has 7 nitrogen and oxygen atoms in total. The number of rotatable bonds is 13. The molecule has 0 aliphatic carbocycles. The van der Waals surface area contributed by atoms with E-state index in [1.54, 1.807) is 24.3 Å². The second kappa shape index (κ2) is 13.6. The van der Waals surface area contributed by atoms with Gasteiger partial charge < -0.3 is 15.2 Å². The molecular formula is C26H39BrF4N4O3S2. The number of halogens is 5. The maximum atomic E-state index is 16.2. The molecule has 0 radical (unpaired) electrons. The van der Waals surface area contributed by atoms with Crippen LogP contribution in [0.25, 0.3) is 0 Å². The van der Waals surface area contributed by atoms with E-state index in [0.29, 0.717) is 26.6 Å². The van der Waals surface area contributed by atoms with Crippen LogP contribution in [0.3, 0.4) is 0 Å². The first-order valence-electron chi connectivity index (χ1n) is 12.6. The fourth-order valence-electron chi connectivity index (χ4n) is 4.46. The molecule has 0 aliphatic heterocycles. The number of pyridine rings is 1. The molecule has 0 saturated carbocycles. The first kappa shape index (κ1) is 34.6. The van der Waals surface area contributed by atoms with Gasteiger partial charge in [-0.05, 0) is 52.2 Å². The van der Waals surface area contributed by atoms with Gasteiger partial charge in [-0.2, -0.15) is 13.2 Å². The van der Waals surface area contributed by atoms with Crippen molar-refractivity contribution in [2.75, 3.05) is 50.8 Å². The predicted molar refractivity (Wildman–Crippen MR) is 158 cm³/mol. The van der Waals surface area contributed by atoms with E-state index in [0.717, 1.165) is 17.3 Å². The summed E-state index contributed by atoms with van der Waals surface area (Å²) in [5, 5.41) is 0. The smallest absolute Gasteiger partial charge is 0.408 e. The molecule has 1 aromatic heterocycles. The number of aromatic nitrogens is 1. The molecule has 0 bridgehead atoms. The Labute approximate surface area is 245 Å². The van der Waals surface area contributed by atoms with Gasteiger partial charge in [-0.1, -0.05) is 26.8 Å². The maximum Gasteiger partial charge on any atom is 0.408 e. The monoisotopic (exact) mass is 674 g/mol. The van der Waals surface area contributed by atoms with E-state index in [-0.39, 0.29) is 12.2 Å². The summed E-state index contributed by atoms with van der Waals surface area (Å²) >= 11 is 3.36. The van der Waals surface area contributed by atoms with Crippen molar-refractivity contribution in [1.82, 2.24) is 9.29 Å². The van der Waals surface area contributed by atoms with Crippen molar-refractivity contribution in [2.45, 2.75) is 50.9 Å². The SMILES string of the molecule is CCS(CC)(CC)c1cc(Br)nc([C@@](C)(N)CS(=O)(=NCC(F)(F)F)N(C)Cc2ccc(OC)cc2OC)c1F. The first-order valence-corrected chi connectivity index (χ1v) is 17.2. The van der Waals surface area contributed by atoms with Crippen molar-refractivity contribution in [3.63, 3.8) is 0 Å². The lowest BCUT2D eigenvalue weighted by Gasteiger charge is -2.39. The van der Waals surface area contributed by atoms with Crippen LogP contribution in [-0.2, 0) is 22.0 Å². The van der Waals surface area contributed by atoms with Gasteiger partial charge in [-0.25, -0.2) is 32.3 Å². The number of methoxy groups -OCH3 is 2.